The van der Waals surface area contributed by atoms with Crippen molar-refractivity contribution in [3.8, 4) is 22.6 Å². The monoisotopic (exact) mass is 363 g/mol. The Morgan fingerprint density at radius 3 is 2.41 bits per heavy atom. The molecule has 3 heterocycles. The molecule has 3 aromatic rings. The number of likely N-dealkylation sites (tertiary alicyclic amines) is 1. The van der Waals surface area contributed by atoms with Gasteiger partial charge in [0.05, 0.1) is 12.2 Å². The minimum Gasteiger partial charge on any atom is -0.338 e. The highest BCUT2D eigenvalue weighted by atomic mass is 16.5. The topological polar surface area (TPSA) is 67.9 Å². The zero-order valence-corrected chi connectivity index (χ0v) is 16.1. The molecule has 0 bridgehead atoms. The summed E-state index contributed by atoms with van der Waals surface area (Å²) in [6.07, 6.45) is 5.54. The molecule has 4 rings (SSSR count). The van der Waals surface area contributed by atoms with Gasteiger partial charge in [0.25, 0.3) is 0 Å². The van der Waals surface area contributed by atoms with Crippen LogP contribution < -0.4 is 0 Å². The van der Waals surface area contributed by atoms with Gasteiger partial charge in [-0.1, -0.05) is 35.8 Å². The number of hydrogen-bond donors (Lipinski definition) is 0. The predicted octanol–water partition coefficient (Wildman–Crippen LogP) is 4.26. The molecule has 0 spiro atoms. The van der Waals surface area contributed by atoms with Gasteiger partial charge >= 0.3 is 0 Å². The van der Waals surface area contributed by atoms with E-state index in [1.807, 2.05) is 37.3 Å². The van der Waals surface area contributed by atoms with Gasteiger partial charge in [0.2, 0.25) is 11.7 Å². The molecule has 0 aliphatic carbocycles. The van der Waals surface area contributed by atoms with E-state index in [1.54, 1.807) is 6.20 Å². The summed E-state index contributed by atoms with van der Waals surface area (Å²) in [5, 5.41) is 4.18. The second kappa shape index (κ2) is 7.56. The van der Waals surface area contributed by atoms with Gasteiger partial charge in [0.15, 0.2) is 0 Å². The third-order valence-corrected chi connectivity index (χ3v) is 5.38. The summed E-state index contributed by atoms with van der Waals surface area (Å²) in [5.74, 6) is 2.08. The molecule has 2 atom stereocenters. The number of benzene rings is 1. The molecule has 0 unspecified atom stereocenters. The van der Waals surface area contributed by atoms with Crippen LogP contribution in [0.25, 0.3) is 22.6 Å². The average Bonchev–Trinajstić information content (AvgIpc) is 3.14. The highest BCUT2D eigenvalue weighted by molar-refractivity contribution is 5.64. The first-order valence-electron chi connectivity index (χ1n) is 9.59. The molecular formula is C21H25N5O. The summed E-state index contributed by atoms with van der Waals surface area (Å²) >= 11 is 0. The largest absolute Gasteiger partial charge is 0.338 e. The normalized spacial score (nSPS) is 20.7. The maximum atomic E-state index is 5.53. The maximum absolute atomic E-state index is 5.53. The van der Waals surface area contributed by atoms with Crippen LogP contribution in [0, 0.1) is 6.92 Å². The summed E-state index contributed by atoms with van der Waals surface area (Å²) in [5.41, 5.74) is 2.90. The van der Waals surface area contributed by atoms with E-state index in [2.05, 4.69) is 38.9 Å². The molecule has 0 amide bonds. The van der Waals surface area contributed by atoms with Crippen molar-refractivity contribution >= 4 is 0 Å². The summed E-state index contributed by atoms with van der Waals surface area (Å²) in [4.78, 5) is 15.7. The molecule has 2 aromatic heterocycles. The number of aryl methyl sites for hydroxylation is 1. The van der Waals surface area contributed by atoms with E-state index in [9.17, 15) is 0 Å². The Bertz CT molecular complexity index is 895. The van der Waals surface area contributed by atoms with Gasteiger partial charge in [0.1, 0.15) is 5.82 Å². The first kappa shape index (κ1) is 17.8. The number of rotatable bonds is 4. The van der Waals surface area contributed by atoms with Crippen LogP contribution in [0.4, 0.5) is 0 Å². The van der Waals surface area contributed by atoms with Gasteiger partial charge in [-0.3, -0.25) is 4.90 Å². The Labute approximate surface area is 159 Å². The Morgan fingerprint density at radius 1 is 1.00 bits per heavy atom. The summed E-state index contributed by atoms with van der Waals surface area (Å²) in [7, 11) is 0. The lowest BCUT2D eigenvalue weighted by atomic mass is 9.98. The lowest BCUT2D eigenvalue weighted by Gasteiger charge is -2.37. The van der Waals surface area contributed by atoms with Crippen LogP contribution >= 0.6 is 0 Å². The van der Waals surface area contributed by atoms with Gasteiger partial charge in [-0.15, -0.1) is 0 Å². The van der Waals surface area contributed by atoms with Crippen molar-refractivity contribution in [3.63, 3.8) is 0 Å². The van der Waals surface area contributed by atoms with Crippen LogP contribution in [-0.4, -0.2) is 37.1 Å². The molecule has 6 nitrogen and oxygen atoms in total. The molecule has 140 valence electrons. The van der Waals surface area contributed by atoms with Crippen molar-refractivity contribution in [3.05, 3.63) is 48.2 Å². The van der Waals surface area contributed by atoms with Gasteiger partial charge in [-0.05, 0) is 39.7 Å². The third kappa shape index (κ3) is 3.90. The number of nitrogens with zero attached hydrogens (tertiary/aromatic N) is 5. The first-order valence-corrected chi connectivity index (χ1v) is 9.59. The minimum atomic E-state index is 0.555. The number of aromatic nitrogens is 4. The highest BCUT2D eigenvalue weighted by Gasteiger charge is 2.26. The van der Waals surface area contributed by atoms with Crippen molar-refractivity contribution < 1.29 is 4.52 Å². The quantitative estimate of drug-likeness (QED) is 0.690. The summed E-state index contributed by atoms with van der Waals surface area (Å²) in [6, 6.07) is 11.1. The summed E-state index contributed by atoms with van der Waals surface area (Å²) in [6.45, 7) is 7.16. The van der Waals surface area contributed by atoms with Crippen LogP contribution in [0.2, 0.25) is 0 Å². The van der Waals surface area contributed by atoms with Crippen LogP contribution in [-0.2, 0) is 6.54 Å². The summed E-state index contributed by atoms with van der Waals surface area (Å²) < 4.78 is 5.53. The molecule has 1 saturated heterocycles. The molecule has 0 N–H and O–H groups in total. The predicted molar refractivity (Wildman–Crippen MR) is 104 cm³/mol. The molecule has 27 heavy (non-hydrogen) atoms. The van der Waals surface area contributed by atoms with Crippen molar-refractivity contribution in [2.45, 2.75) is 58.7 Å². The van der Waals surface area contributed by atoms with Crippen LogP contribution in [0.15, 0.2) is 41.1 Å². The maximum Gasteiger partial charge on any atom is 0.241 e. The Morgan fingerprint density at radius 2 is 1.70 bits per heavy atom. The van der Waals surface area contributed by atoms with Crippen molar-refractivity contribution in [1.82, 2.24) is 25.0 Å². The minimum absolute atomic E-state index is 0.555. The van der Waals surface area contributed by atoms with Gasteiger partial charge < -0.3 is 4.52 Å². The fourth-order valence-electron chi connectivity index (χ4n) is 3.79. The van der Waals surface area contributed by atoms with E-state index in [1.165, 1.54) is 19.3 Å². The second-order valence-corrected chi connectivity index (χ2v) is 7.38. The Kier molecular flexibility index (Phi) is 4.99. The van der Waals surface area contributed by atoms with E-state index in [0.717, 1.165) is 22.6 Å². The molecule has 1 aromatic carbocycles. The van der Waals surface area contributed by atoms with E-state index in [-0.39, 0.29) is 0 Å². The fraction of sp³-hybridized carbons (Fsp3) is 0.429. The van der Waals surface area contributed by atoms with E-state index in [0.29, 0.717) is 30.3 Å². The standard InChI is InChI=1S/C21H25N5O/c1-14-5-4-6-15(2)26(14)13-20-24-21(25-27-20)18-9-7-17(8-10-18)19-11-12-22-16(3)23-19/h7-12,14-15H,4-6,13H2,1-3H3/t14-,15-/m0/s1. The molecule has 1 aliphatic rings. The Balaban J connectivity index is 1.50. The fourth-order valence-corrected chi connectivity index (χ4v) is 3.79. The molecule has 1 fully saturated rings. The highest BCUT2D eigenvalue weighted by Crippen LogP contribution is 2.26. The van der Waals surface area contributed by atoms with E-state index < -0.39 is 0 Å². The van der Waals surface area contributed by atoms with Gasteiger partial charge in [0, 0.05) is 29.4 Å². The zero-order chi connectivity index (χ0) is 18.8. The van der Waals surface area contributed by atoms with Crippen LogP contribution in [0.5, 0.6) is 0 Å². The lowest BCUT2D eigenvalue weighted by molar-refractivity contribution is 0.0825. The zero-order valence-electron chi connectivity index (χ0n) is 16.1. The van der Waals surface area contributed by atoms with Gasteiger partial charge in [-0.2, -0.15) is 4.98 Å². The smallest absolute Gasteiger partial charge is 0.241 e. The van der Waals surface area contributed by atoms with Crippen molar-refractivity contribution in [2.75, 3.05) is 0 Å². The molecule has 0 radical (unpaired) electrons. The molecular weight excluding hydrogens is 338 g/mol. The van der Waals surface area contributed by atoms with E-state index >= 15 is 0 Å². The van der Waals surface area contributed by atoms with Crippen LogP contribution in [0.3, 0.4) is 0 Å². The Hall–Kier alpha value is -2.60. The molecule has 1 aliphatic heterocycles. The molecule has 6 heteroatoms. The number of hydrogen-bond acceptors (Lipinski definition) is 6. The van der Waals surface area contributed by atoms with Crippen LogP contribution in [0.1, 0.15) is 44.8 Å². The average molecular weight is 363 g/mol. The SMILES string of the molecule is Cc1nccc(-c2ccc(-c3noc(CN4[C@@H](C)CCC[C@@H]4C)n3)cc2)n1. The van der Waals surface area contributed by atoms with Crippen molar-refractivity contribution in [1.29, 1.82) is 0 Å². The van der Waals surface area contributed by atoms with Crippen molar-refractivity contribution in [2.24, 2.45) is 0 Å². The van der Waals surface area contributed by atoms with E-state index in [4.69, 9.17) is 4.52 Å². The van der Waals surface area contributed by atoms with Gasteiger partial charge in [-0.25, -0.2) is 9.97 Å². The first-order chi connectivity index (χ1) is 13.1. The lowest BCUT2D eigenvalue weighted by Crippen LogP contribution is -2.43. The second-order valence-electron chi connectivity index (χ2n) is 7.38. The number of piperidine rings is 1. The molecule has 0 saturated carbocycles. The third-order valence-electron chi connectivity index (χ3n) is 5.38.